The SMILES string of the molecule is CBr.CC(C)(C)C=O. The van der Waals surface area contributed by atoms with E-state index in [0.29, 0.717) is 0 Å². The third kappa shape index (κ3) is 16.4. The van der Waals surface area contributed by atoms with Gasteiger partial charge >= 0.3 is 0 Å². The van der Waals surface area contributed by atoms with Crippen LogP contribution in [-0.4, -0.2) is 12.1 Å². The van der Waals surface area contributed by atoms with Gasteiger partial charge in [0.05, 0.1) is 0 Å². The summed E-state index contributed by atoms with van der Waals surface area (Å²) in [7, 11) is 0. The van der Waals surface area contributed by atoms with Crippen molar-refractivity contribution in [2.45, 2.75) is 20.8 Å². The van der Waals surface area contributed by atoms with Gasteiger partial charge in [-0.25, -0.2) is 0 Å². The van der Waals surface area contributed by atoms with E-state index in [2.05, 4.69) is 15.9 Å². The number of rotatable bonds is 0. The monoisotopic (exact) mass is 180 g/mol. The molecule has 0 aliphatic rings. The molecule has 0 aliphatic heterocycles. The Morgan fingerprint density at radius 2 is 1.38 bits per heavy atom. The minimum Gasteiger partial charge on any atom is -0.303 e. The van der Waals surface area contributed by atoms with Crippen LogP contribution < -0.4 is 0 Å². The Morgan fingerprint density at radius 1 is 1.25 bits per heavy atom. The van der Waals surface area contributed by atoms with Gasteiger partial charge in [0, 0.05) is 5.41 Å². The first kappa shape index (κ1) is 11.0. The predicted octanol–water partition coefficient (Wildman–Crippen LogP) is 2.24. The van der Waals surface area contributed by atoms with Crippen LogP contribution >= 0.6 is 15.9 Å². The highest BCUT2D eigenvalue weighted by molar-refractivity contribution is 9.08. The largest absolute Gasteiger partial charge is 0.303 e. The second-order valence-corrected chi connectivity index (χ2v) is 2.48. The maximum atomic E-state index is 9.83. The molecule has 0 spiro atoms. The molecule has 2 heteroatoms. The Labute approximate surface area is 59.6 Å². The van der Waals surface area contributed by atoms with Crippen molar-refractivity contribution < 1.29 is 4.79 Å². The molecule has 0 aromatic heterocycles. The van der Waals surface area contributed by atoms with Gasteiger partial charge in [-0.15, -0.1) is 0 Å². The maximum absolute atomic E-state index is 9.83. The first-order valence-corrected chi connectivity index (χ1v) is 3.99. The van der Waals surface area contributed by atoms with Gasteiger partial charge in [0.25, 0.3) is 0 Å². The standard InChI is InChI=1S/C5H10O.CH3Br/c1-5(2,3)4-6;1-2/h4H,1-3H3;1H3. The van der Waals surface area contributed by atoms with E-state index in [4.69, 9.17) is 0 Å². The second-order valence-electron chi connectivity index (χ2n) is 2.48. The summed E-state index contributed by atoms with van der Waals surface area (Å²) >= 11 is 2.94. The van der Waals surface area contributed by atoms with Crippen molar-refractivity contribution in [3.63, 3.8) is 0 Å². The summed E-state index contributed by atoms with van der Waals surface area (Å²) in [4.78, 5) is 9.83. The molecule has 0 radical (unpaired) electrons. The van der Waals surface area contributed by atoms with E-state index < -0.39 is 0 Å². The van der Waals surface area contributed by atoms with E-state index in [-0.39, 0.29) is 5.41 Å². The quantitative estimate of drug-likeness (QED) is 0.413. The Kier molecular flexibility index (Phi) is 7.28. The number of hydrogen-bond acceptors (Lipinski definition) is 1. The fourth-order valence-corrected chi connectivity index (χ4v) is 0. The fraction of sp³-hybridized carbons (Fsp3) is 0.833. The summed E-state index contributed by atoms with van der Waals surface area (Å²) in [6.45, 7) is 5.62. The Morgan fingerprint density at radius 3 is 1.38 bits per heavy atom. The van der Waals surface area contributed by atoms with Crippen LogP contribution in [-0.2, 0) is 4.79 Å². The van der Waals surface area contributed by atoms with Crippen LogP contribution in [0.15, 0.2) is 0 Å². The summed E-state index contributed by atoms with van der Waals surface area (Å²) in [5.74, 6) is 1.81. The van der Waals surface area contributed by atoms with Crippen molar-refractivity contribution in [3.8, 4) is 0 Å². The Hall–Kier alpha value is 0.150. The molecule has 0 rings (SSSR count). The third-order valence-electron chi connectivity index (χ3n) is 0.354. The molecule has 0 amide bonds. The third-order valence-corrected chi connectivity index (χ3v) is 0.354. The lowest BCUT2D eigenvalue weighted by Crippen LogP contribution is -2.04. The second kappa shape index (κ2) is 5.29. The number of carbonyl (C=O) groups is 1. The van der Waals surface area contributed by atoms with Crippen LogP contribution in [0.2, 0.25) is 0 Å². The zero-order valence-corrected chi connectivity index (χ0v) is 7.45. The van der Waals surface area contributed by atoms with Gasteiger partial charge in [-0.1, -0.05) is 36.7 Å². The molecule has 0 heterocycles. The molecule has 0 fully saturated rings. The van der Waals surface area contributed by atoms with Crippen molar-refractivity contribution in [2.24, 2.45) is 5.41 Å². The molecule has 8 heavy (non-hydrogen) atoms. The van der Waals surface area contributed by atoms with Crippen molar-refractivity contribution in [1.82, 2.24) is 0 Å². The zero-order valence-electron chi connectivity index (χ0n) is 5.86. The van der Waals surface area contributed by atoms with Crippen LogP contribution in [0.5, 0.6) is 0 Å². The zero-order chi connectivity index (χ0) is 7.21. The van der Waals surface area contributed by atoms with Crippen molar-refractivity contribution in [3.05, 3.63) is 0 Å². The molecule has 0 unspecified atom stereocenters. The normalized spacial score (nSPS) is 9.12. The van der Waals surface area contributed by atoms with Crippen molar-refractivity contribution in [1.29, 1.82) is 0 Å². The average Bonchev–Trinajstić information content (AvgIpc) is 1.71. The number of hydrogen-bond donors (Lipinski definition) is 0. The minimum absolute atomic E-state index is 0.139. The van der Waals surface area contributed by atoms with Gasteiger partial charge < -0.3 is 4.79 Å². The number of alkyl halides is 1. The van der Waals surface area contributed by atoms with E-state index in [1.165, 1.54) is 0 Å². The molecule has 0 atom stereocenters. The van der Waals surface area contributed by atoms with Crippen LogP contribution in [0.3, 0.4) is 0 Å². The average molecular weight is 181 g/mol. The lowest BCUT2D eigenvalue weighted by Gasteiger charge is -2.03. The first-order valence-electron chi connectivity index (χ1n) is 2.40. The van der Waals surface area contributed by atoms with Crippen LogP contribution in [0.25, 0.3) is 0 Å². The topological polar surface area (TPSA) is 17.1 Å². The summed E-state index contributed by atoms with van der Waals surface area (Å²) in [6, 6.07) is 0. The van der Waals surface area contributed by atoms with Gasteiger partial charge in [-0.05, 0) is 5.83 Å². The summed E-state index contributed by atoms with van der Waals surface area (Å²) < 4.78 is 0. The van der Waals surface area contributed by atoms with Crippen molar-refractivity contribution >= 4 is 22.2 Å². The van der Waals surface area contributed by atoms with Gasteiger partial charge in [0.2, 0.25) is 0 Å². The molecule has 1 nitrogen and oxygen atoms in total. The Bertz CT molecular complexity index is 54.0. The van der Waals surface area contributed by atoms with Crippen LogP contribution in [0, 0.1) is 5.41 Å². The van der Waals surface area contributed by atoms with E-state index >= 15 is 0 Å². The molecule has 0 saturated heterocycles. The van der Waals surface area contributed by atoms with E-state index in [0.717, 1.165) is 6.29 Å². The summed E-state index contributed by atoms with van der Waals surface area (Å²) in [5.41, 5.74) is -0.139. The molecule has 0 aromatic carbocycles. The summed E-state index contributed by atoms with van der Waals surface area (Å²) in [6.07, 6.45) is 0.938. The number of halogens is 1. The molecular weight excluding hydrogens is 168 g/mol. The molecule has 0 aromatic rings. The minimum atomic E-state index is -0.139. The highest BCUT2D eigenvalue weighted by Gasteiger charge is 2.04. The van der Waals surface area contributed by atoms with Gasteiger partial charge in [0.15, 0.2) is 0 Å². The van der Waals surface area contributed by atoms with Gasteiger partial charge in [0.1, 0.15) is 6.29 Å². The highest BCUT2D eigenvalue weighted by atomic mass is 79.9. The Balaban J connectivity index is 0. The number of aldehydes is 1. The van der Waals surface area contributed by atoms with Crippen LogP contribution in [0.1, 0.15) is 20.8 Å². The predicted molar refractivity (Wildman–Crippen MR) is 40.4 cm³/mol. The molecule has 0 bridgehead atoms. The van der Waals surface area contributed by atoms with Crippen LogP contribution in [0.4, 0.5) is 0 Å². The summed E-state index contributed by atoms with van der Waals surface area (Å²) in [5, 5.41) is 0. The van der Waals surface area contributed by atoms with E-state index in [1.54, 1.807) is 0 Å². The van der Waals surface area contributed by atoms with E-state index in [9.17, 15) is 4.79 Å². The van der Waals surface area contributed by atoms with Crippen molar-refractivity contribution in [2.75, 3.05) is 5.83 Å². The molecule has 0 N–H and O–H groups in total. The van der Waals surface area contributed by atoms with E-state index in [1.807, 2.05) is 26.6 Å². The smallest absolute Gasteiger partial charge is 0.125 e. The fourth-order valence-electron chi connectivity index (χ4n) is 0. The van der Waals surface area contributed by atoms with Gasteiger partial charge in [-0.2, -0.15) is 0 Å². The highest BCUT2D eigenvalue weighted by Crippen LogP contribution is 2.05. The lowest BCUT2D eigenvalue weighted by molar-refractivity contribution is -0.113. The lowest BCUT2D eigenvalue weighted by atomic mass is 10.0. The molecule has 0 saturated carbocycles. The van der Waals surface area contributed by atoms with Gasteiger partial charge in [-0.3, -0.25) is 0 Å². The number of carbonyl (C=O) groups excluding carboxylic acids is 1. The maximum Gasteiger partial charge on any atom is 0.125 e. The molecule has 0 aliphatic carbocycles. The first-order chi connectivity index (χ1) is 3.56. The molecular formula is C6H13BrO. The molecule has 50 valence electrons.